The smallest absolute Gasteiger partial charge is 0.254 e. The number of carbonyl (C=O) groups is 2. The maximum Gasteiger partial charge on any atom is 0.254 e. The summed E-state index contributed by atoms with van der Waals surface area (Å²) >= 11 is 0. The molecular formula is C16H24ClN3O3. The molecule has 1 atom stereocenters. The third kappa shape index (κ3) is 5.41. The van der Waals surface area contributed by atoms with Crippen molar-refractivity contribution in [2.45, 2.75) is 25.8 Å². The number of nitrogens with two attached hydrogens (primary N) is 1. The third-order valence-corrected chi connectivity index (χ3v) is 3.83. The van der Waals surface area contributed by atoms with E-state index in [1.807, 2.05) is 6.92 Å². The molecule has 0 aliphatic carbocycles. The Morgan fingerprint density at radius 2 is 1.83 bits per heavy atom. The summed E-state index contributed by atoms with van der Waals surface area (Å²) in [6, 6.07) is 6.35. The van der Waals surface area contributed by atoms with Crippen LogP contribution in [0.15, 0.2) is 24.3 Å². The number of aromatic hydroxyl groups is 1. The number of carbonyl (C=O) groups excluding carboxylic acids is 2. The van der Waals surface area contributed by atoms with Gasteiger partial charge in [-0.15, -0.1) is 12.4 Å². The average Bonchev–Trinajstić information content (AvgIpc) is 2.52. The Kier molecular flexibility index (Phi) is 7.32. The van der Waals surface area contributed by atoms with Gasteiger partial charge in [0, 0.05) is 44.2 Å². The maximum absolute atomic E-state index is 12.3. The highest BCUT2D eigenvalue weighted by molar-refractivity contribution is 5.94. The maximum atomic E-state index is 12.3. The number of phenolic OH excluding ortho intramolecular Hbond substituents is 1. The second-order valence-electron chi connectivity index (χ2n) is 5.74. The standard InChI is InChI=1S/C16H23N3O3.ClH/c1-12(17)5-6-15(21)18-7-9-19(10-8-18)16(22)13-3-2-4-14(20)11-13;/h2-4,11-12,20H,5-10,17H2,1H3;1H. The molecule has 1 unspecified atom stereocenters. The first-order valence-corrected chi connectivity index (χ1v) is 7.59. The molecule has 1 aliphatic rings. The van der Waals surface area contributed by atoms with Gasteiger partial charge in [0.1, 0.15) is 5.75 Å². The minimum Gasteiger partial charge on any atom is -0.508 e. The quantitative estimate of drug-likeness (QED) is 0.862. The Labute approximate surface area is 142 Å². The SMILES string of the molecule is CC(N)CCC(=O)N1CCN(C(=O)c2cccc(O)c2)CC1.Cl. The van der Waals surface area contributed by atoms with Crippen molar-refractivity contribution in [2.75, 3.05) is 26.2 Å². The van der Waals surface area contributed by atoms with Gasteiger partial charge >= 0.3 is 0 Å². The van der Waals surface area contributed by atoms with Crippen molar-refractivity contribution in [3.63, 3.8) is 0 Å². The molecule has 1 aromatic carbocycles. The summed E-state index contributed by atoms with van der Waals surface area (Å²) in [4.78, 5) is 27.9. The van der Waals surface area contributed by atoms with Gasteiger partial charge in [-0.05, 0) is 31.5 Å². The zero-order valence-electron chi connectivity index (χ0n) is 13.3. The lowest BCUT2D eigenvalue weighted by Crippen LogP contribution is -2.50. The molecule has 1 saturated heterocycles. The second kappa shape index (κ2) is 8.74. The van der Waals surface area contributed by atoms with Crippen molar-refractivity contribution in [3.8, 4) is 5.75 Å². The van der Waals surface area contributed by atoms with Gasteiger partial charge in [0.25, 0.3) is 5.91 Å². The van der Waals surface area contributed by atoms with Gasteiger partial charge in [0.2, 0.25) is 5.91 Å². The molecule has 0 bridgehead atoms. The molecule has 1 heterocycles. The minimum atomic E-state index is -0.112. The second-order valence-corrected chi connectivity index (χ2v) is 5.74. The van der Waals surface area contributed by atoms with Gasteiger partial charge in [0.05, 0.1) is 0 Å². The van der Waals surface area contributed by atoms with Crippen LogP contribution >= 0.6 is 12.4 Å². The molecule has 7 heteroatoms. The number of piperazine rings is 1. The number of amides is 2. The van der Waals surface area contributed by atoms with Crippen LogP contribution < -0.4 is 5.73 Å². The monoisotopic (exact) mass is 341 g/mol. The lowest BCUT2D eigenvalue weighted by atomic mass is 10.1. The predicted octanol–water partition coefficient (Wildman–Crippen LogP) is 1.23. The summed E-state index contributed by atoms with van der Waals surface area (Å²) in [5, 5.41) is 9.45. The van der Waals surface area contributed by atoms with E-state index < -0.39 is 0 Å². The van der Waals surface area contributed by atoms with E-state index in [4.69, 9.17) is 5.73 Å². The van der Waals surface area contributed by atoms with E-state index in [0.29, 0.717) is 44.6 Å². The number of rotatable bonds is 4. The Bertz CT molecular complexity index is 543. The Hall–Kier alpha value is -1.79. The molecule has 0 radical (unpaired) electrons. The van der Waals surface area contributed by atoms with E-state index in [2.05, 4.69) is 0 Å². The van der Waals surface area contributed by atoms with E-state index >= 15 is 0 Å². The van der Waals surface area contributed by atoms with Crippen molar-refractivity contribution >= 4 is 24.2 Å². The molecule has 6 nitrogen and oxygen atoms in total. The van der Waals surface area contributed by atoms with Crippen LogP contribution in [0.5, 0.6) is 5.75 Å². The molecule has 23 heavy (non-hydrogen) atoms. The summed E-state index contributed by atoms with van der Waals surface area (Å²) in [7, 11) is 0. The average molecular weight is 342 g/mol. The van der Waals surface area contributed by atoms with Crippen LogP contribution in [0.1, 0.15) is 30.1 Å². The van der Waals surface area contributed by atoms with Gasteiger partial charge in [-0.2, -0.15) is 0 Å². The number of benzene rings is 1. The normalized spacial score (nSPS) is 15.7. The van der Waals surface area contributed by atoms with Gasteiger partial charge in [-0.1, -0.05) is 6.07 Å². The van der Waals surface area contributed by atoms with E-state index in [-0.39, 0.29) is 36.0 Å². The molecule has 0 saturated carbocycles. The zero-order valence-corrected chi connectivity index (χ0v) is 14.1. The molecule has 1 aromatic rings. The van der Waals surface area contributed by atoms with Crippen molar-refractivity contribution in [2.24, 2.45) is 5.73 Å². The summed E-state index contributed by atoms with van der Waals surface area (Å²) in [5.41, 5.74) is 6.13. The molecule has 2 rings (SSSR count). The molecule has 0 spiro atoms. The largest absolute Gasteiger partial charge is 0.508 e. The van der Waals surface area contributed by atoms with E-state index in [1.54, 1.807) is 21.9 Å². The minimum absolute atomic E-state index is 0. The van der Waals surface area contributed by atoms with Crippen molar-refractivity contribution in [3.05, 3.63) is 29.8 Å². The third-order valence-electron chi connectivity index (χ3n) is 3.83. The van der Waals surface area contributed by atoms with Gasteiger partial charge in [-0.25, -0.2) is 0 Å². The first kappa shape index (κ1) is 19.3. The number of hydrogen-bond donors (Lipinski definition) is 2. The molecule has 0 aromatic heterocycles. The number of nitrogens with zero attached hydrogens (tertiary/aromatic N) is 2. The lowest BCUT2D eigenvalue weighted by Gasteiger charge is -2.35. The van der Waals surface area contributed by atoms with Crippen LogP contribution in [0.2, 0.25) is 0 Å². The van der Waals surface area contributed by atoms with Crippen molar-refractivity contribution in [1.82, 2.24) is 9.80 Å². The fourth-order valence-electron chi connectivity index (χ4n) is 2.49. The molecule has 128 valence electrons. The molecular weight excluding hydrogens is 318 g/mol. The molecule has 1 fully saturated rings. The van der Waals surface area contributed by atoms with Crippen LogP contribution in [-0.4, -0.2) is 58.9 Å². The Morgan fingerprint density at radius 3 is 2.39 bits per heavy atom. The van der Waals surface area contributed by atoms with Crippen molar-refractivity contribution < 1.29 is 14.7 Å². The highest BCUT2D eigenvalue weighted by atomic mass is 35.5. The van der Waals surface area contributed by atoms with Crippen LogP contribution in [0.25, 0.3) is 0 Å². The van der Waals surface area contributed by atoms with Crippen LogP contribution in [-0.2, 0) is 4.79 Å². The number of halogens is 1. The Morgan fingerprint density at radius 1 is 1.22 bits per heavy atom. The zero-order chi connectivity index (χ0) is 16.1. The first-order valence-electron chi connectivity index (χ1n) is 7.59. The number of hydrogen-bond acceptors (Lipinski definition) is 4. The first-order chi connectivity index (χ1) is 10.5. The summed E-state index contributed by atoms with van der Waals surface area (Å²) in [6.45, 7) is 4.00. The van der Waals surface area contributed by atoms with E-state index in [1.165, 1.54) is 12.1 Å². The summed E-state index contributed by atoms with van der Waals surface area (Å²) in [5.74, 6) is 0.0657. The highest BCUT2D eigenvalue weighted by Crippen LogP contribution is 2.15. The topological polar surface area (TPSA) is 86.9 Å². The van der Waals surface area contributed by atoms with Crippen LogP contribution in [0, 0.1) is 0 Å². The molecule has 1 aliphatic heterocycles. The summed E-state index contributed by atoms with van der Waals surface area (Å²) < 4.78 is 0. The fourth-order valence-corrected chi connectivity index (χ4v) is 2.49. The van der Waals surface area contributed by atoms with Crippen molar-refractivity contribution in [1.29, 1.82) is 0 Å². The number of phenols is 1. The van der Waals surface area contributed by atoms with Gasteiger partial charge in [0.15, 0.2) is 0 Å². The van der Waals surface area contributed by atoms with Gasteiger partial charge < -0.3 is 20.6 Å². The fraction of sp³-hybridized carbons (Fsp3) is 0.500. The van der Waals surface area contributed by atoms with Crippen LogP contribution in [0.3, 0.4) is 0 Å². The van der Waals surface area contributed by atoms with E-state index in [0.717, 1.165) is 0 Å². The Balaban J connectivity index is 0.00000264. The predicted molar refractivity (Wildman–Crippen MR) is 90.7 cm³/mol. The van der Waals surface area contributed by atoms with Gasteiger partial charge in [-0.3, -0.25) is 9.59 Å². The van der Waals surface area contributed by atoms with E-state index in [9.17, 15) is 14.7 Å². The van der Waals surface area contributed by atoms with Crippen LogP contribution in [0.4, 0.5) is 0 Å². The molecule has 2 amide bonds. The molecule has 3 N–H and O–H groups in total. The highest BCUT2D eigenvalue weighted by Gasteiger charge is 2.24. The lowest BCUT2D eigenvalue weighted by molar-refractivity contribution is -0.132. The summed E-state index contributed by atoms with van der Waals surface area (Å²) in [6.07, 6.45) is 1.14.